The highest BCUT2D eigenvalue weighted by Gasteiger charge is 2.22. The van der Waals surface area contributed by atoms with Crippen LogP contribution < -0.4 is 10.1 Å². The summed E-state index contributed by atoms with van der Waals surface area (Å²) in [6.45, 7) is 6.57. The lowest BCUT2D eigenvalue weighted by atomic mass is 10.1. The molecule has 164 valence electrons. The van der Waals surface area contributed by atoms with Crippen molar-refractivity contribution in [2.45, 2.75) is 39.0 Å². The van der Waals surface area contributed by atoms with E-state index in [-0.39, 0.29) is 30.1 Å². The lowest BCUT2D eigenvalue weighted by molar-refractivity contribution is 0.129. The number of guanidine groups is 1. The Hall–Kier alpha value is -1.80. The van der Waals surface area contributed by atoms with E-state index in [2.05, 4.69) is 60.4 Å². The molecule has 1 aliphatic rings. The molecule has 6 heteroatoms. The SMILES string of the molecule is CCNC(=NCc1cccc(CN(C)C)c1)N1CCC(Oc2ccccc2)CC1.I. The summed E-state index contributed by atoms with van der Waals surface area (Å²) in [5.74, 6) is 1.97. The summed E-state index contributed by atoms with van der Waals surface area (Å²) in [4.78, 5) is 9.46. The van der Waals surface area contributed by atoms with Gasteiger partial charge in [-0.1, -0.05) is 42.5 Å². The number of hydrogen-bond acceptors (Lipinski definition) is 3. The van der Waals surface area contributed by atoms with Gasteiger partial charge < -0.3 is 19.9 Å². The summed E-state index contributed by atoms with van der Waals surface area (Å²) < 4.78 is 6.13. The molecule has 0 amide bonds. The number of nitrogens with one attached hydrogen (secondary N) is 1. The van der Waals surface area contributed by atoms with E-state index in [1.54, 1.807) is 0 Å². The second-order valence-electron chi connectivity index (χ2n) is 7.85. The van der Waals surface area contributed by atoms with Gasteiger partial charge in [0.2, 0.25) is 0 Å². The van der Waals surface area contributed by atoms with Crippen LogP contribution in [0.5, 0.6) is 5.75 Å². The molecule has 1 saturated heterocycles. The number of aliphatic imine (C=N–C) groups is 1. The molecule has 0 atom stereocenters. The molecule has 1 aliphatic heterocycles. The second-order valence-corrected chi connectivity index (χ2v) is 7.85. The molecule has 30 heavy (non-hydrogen) atoms. The molecule has 5 nitrogen and oxygen atoms in total. The van der Waals surface area contributed by atoms with Crippen molar-refractivity contribution in [2.75, 3.05) is 33.7 Å². The van der Waals surface area contributed by atoms with E-state index in [0.29, 0.717) is 6.54 Å². The Bertz CT molecular complexity index is 774. The van der Waals surface area contributed by atoms with Crippen LogP contribution in [0.3, 0.4) is 0 Å². The number of likely N-dealkylation sites (tertiary alicyclic amines) is 1. The van der Waals surface area contributed by atoms with Crippen LogP contribution in [-0.2, 0) is 13.1 Å². The largest absolute Gasteiger partial charge is 0.490 e. The van der Waals surface area contributed by atoms with Crippen molar-refractivity contribution in [1.29, 1.82) is 0 Å². The third kappa shape index (κ3) is 7.80. The molecule has 0 aliphatic carbocycles. The number of nitrogens with zero attached hydrogens (tertiary/aromatic N) is 3. The predicted octanol–water partition coefficient (Wildman–Crippen LogP) is 4.38. The van der Waals surface area contributed by atoms with Gasteiger partial charge in [0.1, 0.15) is 11.9 Å². The summed E-state index contributed by atoms with van der Waals surface area (Å²) in [5.41, 5.74) is 2.58. The molecule has 0 spiro atoms. The Morgan fingerprint density at radius 3 is 2.43 bits per heavy atom. The molecular formula is C24H35IN4O. The summed E-state index contributed by atoms with van der Waals surface area (Å²) in [5, 5.41) is 3.46. The van der Waals surface area contributed by atoms with Gasteiger partial charge >= 0.3 is 0 Å². The first-order valence-electron chi connectivity index (χ1n) is 10.6. The zero-order valence-corrected chi connectivity index (χ0v) is 20.7. The fraction of sp³-hybridized carbons (Fsp3) is 0.458. The van der Waals surface area contributed by atoms with Crippen molar-refractivity contribution in [2.24, 2.45) is 4.99 Å². The van der Waals surface area contributed by atoms with Gasteiger partial charge in [0, 0.05) is 39.0 Å². The van der Waals surface area contributed by atoms with Gasteiger partial charge in [-0.2, -0.15) is 0 Å². The monoisotopic (exact) mass is 522 g/mol. The summed E-state index contributed by atoms with van der Waals surface area (Å²) in [7, 11) is 4.19. The molecule has 2 aromatic carbocycles. The maximum absolute atomic E-state index is 6.13. The number of rotatable bonds is 7. The van der Waals surface area contributed by atoms with E-state index < -0.39 is 0 Å². The van der Waals surface area contributed by atoms with Crippen molar-refractivity contribution >= 4 is 29.9 Å². The molecule has 0 radical (unpaired) electrons. The first-order valence-corrected chi connectivity index (χ1v) is 10.6. The highest BCUT2D eigenvalue weighted by molar-refractivity contribution is 14.0. The predicted molar refractivity (Wildman–Crippen MR) is 136 cm³/mol. The quantitative estimate of drug-likeness (QED) is 0.333. The zero-order chi connectivity index (χ0) is 20.5. The standard InChI is InChI=1S/C24H34N4O.HI/c1-4-25-24(26-18-20-9-8-10-21(17-20)19-27(2)3)28-15-13-23(14-16-28)29-22-11-6-5-7-12-22;/h5-12,17,23H,4,13-16,18-19H2,1-3H3,(H,25,26);1H. The number of ether oxygens (including phenoxy) is 1. The molecule has 0 unspecified atom stereocenters. The Morgan fingerprint density at radius 2 is 1.77 bits per heavy atom. The van der Waals surface area contributed by atoms with Crippen LogP contribution in [0.2, 0.25) is 0 Å². The van der Waals surface area contributed by atoms with E-state index in [1.165, 1.54) is 11.1 Å². The topological polar surface area (TPSA) is 40.1 Å². The van der Waals surface area contributed by atoms with Gasteiger partial charge in [-0.25, -0.2) is 4.99 Å². The minimum atomic E-state index is 0. The average molecular weight is 522 g/mol. The number of halogens is 1. The van der Waals surface area contributed by atoms with E-state index in [1.807, 2.05) is 30.3 Å². The van der Waals surface area contributed by atoms with Gasteiger partial charge in [0.15, 0.2) is 5.96 Å². The minimum Gasteiger partial charge on any atom is -0.490 e. The van der Waals surface area contributed by atoms with E-state index in [0.717, 1.165) is 50.7 Å². The fourth-order valence-electron chi connectivity index (χ4n) is 3.66. The molecule has 0 saturated carbocycles. The smallest absolute Gasteiger partial charge is 0.194 e. The van der Waals surface area contributed by atoms with Crippen LogP contribution in [0.25, 0.3) is 0 Å². The number of hydrogen-bond donors (Lipinski definition) is 1. The second kappa shape index (κ2) is 12.8. The van der Waals surface area contributed by atoms with Crippen LogP contribution in [0.15, 0.2) is 59.6 Å². The Morgan fingerprint density at radius 1 is 1.07 bits per heavy atom. The lowest BCUT2D eigenvalue weighted by Crippen LogP contribution is -2.47. The van der Waals surface area contributed by atoms with Crippen LogP contribution in [0.1, 0.15) is 30.9 Å². The average Bonchev–Trinajstić information content (AvgIpc) is 2.72. The molecule has 1 N–H and O–H groups in total. The molecule has 1 heterocycles. The molecular weight excluding hydrogens is 487 g/mol. The first kappa shape index (κ1) is 24.5. The highest BCUT2D eigenvalue weighted by Crippen LogP contribution is 2.19. The lowest BCUT2D eigenvalue weighted by Gasteiger charge is -2.34. The van der Waals surface area contributed by atoms with Crippen molar-refractivity contribution in [3.05, 3.63) is 65.7 Å². The summed E-state index contributed by atoms with van der Waals surface area (Å²) >= 11 is 0. The molecule has 0 aromatic heterocycles. The van der Waals surface area contributed by atoms with Crippen molar-refractivity contribution < 1.29 is 4.74 Å². The number of piperidine rings is 1. The Kier molecular flexibility index (Phi) is 10.4. The van der Waals surface area contributed by atoms with Crippen molar-refractivity contribution in [3.8, 4) is 5.75 Å². The Labute approximate surface area is 198 Å². The third-order valence-electron chi connectivity index (χ3n) is 5.02. The Balaban J connectivity index is 0.00000320. The van der Waals surface area contributed by atoms with E-state index in [4.69, 9.17) is 9.73 Å². The molecule has 1 fully saturated rings. The fourth-order valence-corrected chi connectivity index (χ4v) is 3.66. The number of benzene rings is 2. The van der Waals surface area contributed by atoms with Gasteiger partial charge in [-0.05, 0) is 44.3 Å². The third-order valence-corrected chi connectivity index (χ3v) is 5.02. The first-order chi connectivity index (χ1) is 14.1. The van der Waals surface area contributed by atoms with Gasteiger partial charge in [-0.15, -0.1) is 24.0 Å². The van der Waals surface area contributed by atoms with Crippen molar-refractivity contribution in [1.82, 2.24) is 15.1 Å². The van der Waals surface area contributed by atoms with Crippen molar-refractivity contribution in [3.63, 3.8) is 0 Å². The van der Waals surface area contributed by atoms with Gasteiger partial charge in [0.05, 0.1) is 6.54 Å². The highest BCUT2D eigenvalue weighted by atomic mass is 127. The molecule has 0 bridgehead atoms. The molecule has 3 rings (SSSR count). The van der Waals surface area contributed by atoms with Gasteiger partial charge in [-0.3, -0.25) is 0 Å². The molecule has 2 aromatic rings. The van der Waals surface area contributed by atoms with E-state index >= 15 is 0 Å². The van der Waals surface area contributed by atoms with Crippen LogP contribution >= 0.6 is 24.0 Å². The number of para-hydroxylation sites is 1. The normalized spacial score (nSPS) is 15.1. The zero-order valence-electron chi connectivity index (χ0n) is 18.4. The maximum atomic E-state index is 6.13. The summed E-state index contributed by atoms with van der Waals surface area (Å²) in [6, 6.07) is 18.8. The van der Waals surface area contributed by atoms with E-state index in [9.17, 15) is 0 Å². The van der Waals surface area contributed by atoms with Crippen LogP contribution in [-0.4, -0.2) is 55.6 Å². The summed E-state index contributed by atoms with van der Waals surface area (Å²) in [6.07, 6.45) is 2.30. The van der Waals surface area contributed by atoms with Crippen LogP contribution in [0, 0.1) is 0 Å². The maximum Gasteiger partial charge on any atom is 0.194 e. The minimum absolute atomic E-state index is 0. The van der Waals surface area contributed by atoms with Crippen LogP contribution in [0.4, 0.5) is 0 Å². The van der Waals surface area contributed by atoms with Gasteiger partial charge in [0.25, 0.3) is 0 Å².